The number of rotatable bonds is 2. The average Bonchev–Trinajstić information content (AvgIpc) is 2.47. The van der Waals surface area contributed by atoms with E-state index in [0.717, 1.165) is 9.48 Å². The molecule has 0 radical (unpaired) electrons. The number of hydrogen-bond acceptors (Lipinski definition) is 3. The first-order valence-electron chi connectivity index (χ1n) is 3.41. The second-order valence-corrected chi connectivity index (χ2v) is 3.19. The minimum Gasteiger partial charge on any atom is -0.462 e. The van der Waals surface area contributed by atoms with E-state index in [9.17, 15) is 4.79 Å². The first-order chi connectivity index (χ1) is 6.09. The summed E-state index contributed by atoms with van der Waals surface area (Å²) >= 11 is 3.21. The predicted octanol–water partition coefficient (Wildman–Crippen LogP) is 1.39. The number of halogens is 1. The van der Waals surface area contributed by atoms with Crippen molar-refractivity contribution in [3.8, 4) is 0 Å². The highest BCUT2D eigenvalue weighted by Gasteiger charge is 1.99. The van der Waals surface area contributed by atoms with E-state index >= 15 is 0 Å². The number of nitrogens with two attached hydrogens (primary N) is 1. The van der Waals surface area contributed by atoms with E-state index in [1.54, 1.807) is 6.07 Å². The van der Waals surface area contributed by atoms with E-state index < -0.39 is 6.03 Å². The van der Waals surface area contributed by atoms with Crippen LogP contribution in [0.15, 0.2) is 26.3 Å². The van der Waals surface area contributed by atoms with Gasteiger partial charge in [-0.25, -0.2) is 9.80 Å². The van der Waals surface area contributed by atoms with Gasteiger partial charge in [-0.3, -0.25) is 0 Å². The van der Waals surface area contributed by atoms with Crippen molar-refractivity contribution < 1.29 is 9.21 Å². The van der Waals surface area contributed by atoms with Crippen molar-refractivity contribution in [2.75, 3.05) is 7.05 Å². The molecule has 0 atom stereocenters. The first kappa shape index (κ1) is 9.79. The molecule has 13 heavy (non-hydrogen) atoms. The first-order valence-corrected chi connectivity index (χ1v) is 4.20. The summed E-state index contributed by atoms with van der Waals surface area (Å²) in [6.45, 7) is 0. The Morgan fingerprint density at radius 3 is 3.00 bits per heavy atom. The third kappa shape index (κ3) is 2.90. The zero-order chi connectivity index (χ0) is 9.84. The van der Waals surface area contributed by atoms with Crippen LogP contribution in [0.25, 0.3) is 0 Å². The molecule has 70 valence electrons. The number of carbonyl (C=O) groups is 1. The minimum absolute atomic E-state index is 0.542. The van der Waals surface area contributed by atoms with Gasteiger partial charge in [0.05, 0.1) is 10.7 Å². The zero-order valence-corrected chi connectivity index (χ0v) is 8.48. The SMILES string of the molecule is CN(/N=C/c1cc(Br)co1)C(N)=O. The fraction of sp³-hybridized carbons (Fsp3) is 0.143. The molecule has 0 aliphatic rings. The summed E-state index contributed by atoms with van der Waals surface area (Å²) < 4.78 is 5.83. The lowest BCUT2D eigenvalue weighted by Crippen LogP contribution is -2.27. The highest BCUT2D eigenvalue weighted by atomic mass is 79.9. The number of urea groups is 1. The lowest BCUT2D eigenvalue weighted by Gasteiger charge is -2.04. The lowest BCUT2D eigenvalue weighted by atomic mass is 10.5. The van der Waals surface area contributed by atoms with Crippen molar-refractivity contribution in [1.82, 2.24) is 5.01 Å². The van der Waals surface area contributed by atoms with Crippen molar-refractivity contribution in [2.24, 2.45) is 10.8 Å². The van der Waals surface area contributed by atoms with Crippen LogP contribution in [-0.4, -0.2) is 24.3 Å². The summed E-state index contributed by atoms with van der Waals surface area (Å²) in [5, 5.41) is 4.74. The minimum atomic E-state index is -0.623. The fourth-order valence-electron chi connectivity index (χ4n) is 0.596. The second-order valence-electron chi connectivity index (χ2n) is 2.27. The Hall–Kier alpha value is -1.30. The van der Waals surface area contributed by atoms with E-state index in [4.69, 9.17) is 10.2 Å². The van der Waals surface area contributed by atoms with E-state index in [0.29, 0.717) is 5.76 Å². The van der Waals surface area contributed by atoms with Crippen LogP contribution in [0, 0.1) is 0 Å². The molecule has 0 unspecified atom stereocenters. The summed E-state index contributed by atoms with van der Waals surface area (Å²) in [7, 11) is 1.46. The van der Waals surface area contributed by atoms with Crippen molar-refractivity contribution in [2.45, 2.75) is 0 Å². The molecule has 1 rings (SSSR count). The van der Waals surface area contributed by atoms with Crippen LogP contribution >= 0.6 is 15.9 Å². The molecule has 5 nitrogen and oxygen atoms in total. The van der Waals surface area contributed by atoms with E-state index in [-0.39, 0.29) is 0 Å². The normalized spacial score (nSPS) is 10.6. The second kappa shape index (κ2) is 4.08. The van der Waals surface area contributed by atoms with Crippen molar-refractivity contribution >= 4 is 28.2 Å². The number of nitrogens with zero attached hydrogens (tertiary/aromatic N) is 2. The number of carbonyl (C=O) groups excluding carboxylic acids is 1. The summed E-state index contributed by atoms with van der Waals surface area (Å²) in [5.74, 6) is 0.542. The van der Waals surface area contributed by atoms with Gasteiger partial charge in [0.15, 0.2) is 0 Å². The van der Waals surface area contributed by atoms with Crippen molar-refractivity contribution in [3.05, 3.63) is 22.6 Å². The third-order valence-electron chi connectivity index (χ3n) is 1.26. The molecule has 0 spiro atoms. The van der Waals surface area contributed by atoms with Crippen molar-refractivity contribution in [3.63, 3.8) is 0 Å². The van der Waals surface area contributed by atoms with Gasteiger partial charge in [-0.05, 0) is 22.0 Å². The molecule has 2 N–H and O–H groups in total. The van der Waals surface area contributed by atoms with Crippen LogP contribution in [0.1, 0.15) is 5.76 Å². The maximum atomic E-state index is 10.5. The van der Waals surface area contributed by atoms with Crippen LogP contribution < -0.4 is 5.73 Å². The molecule has 0 aliphatic carbocycles. The molecular formula is C7H8BrN3O2. The van der Waals surface area contributed by atoms with Gasteiger partial charge in [-0.15, -0.1) is 0 Å². The van der Waals surface area contributed by atoms with Gasteiger partial charge in [0, 0.05) is 7.05 Å². The molecule has 0 aromatic carbocycles. The van der Waals surface area contributed by atoms with Crippen LogP contribution in [0.2, 0.25) is 0 Å². The molecule has 0 aliphatic heterocycles. The number of hydrazone groups is 1. The van der Waals surface area contributed by atoms with Crippen LogP contribution in [-0.2, 0) is 0 Å². The number of hydrogen-bond donors (Lipinski definition) is 1. The van der Waals surface area contributed by atoms with Crippen LogP contribution in [0.4, 0.5) is 4.79 Å². The molecule has 1 aromatic rings. The van der Waals surface area contributed by atoms with Gasteiger partial charge in [0.1, 0.15) is 12.0 Å². The van der Waals surface area contributed by atoms with Gasteiger partial charge in [0.2, 0.25) is 0 Å². The number of amides is 2. The monoisotopic (exact) mass is 245 g/mol. The lowest BCUT2D eigenvalue weighted by molar-refractivity contribution is 0.220. The molecule has 0 bridgehead atoms. The summed E-state index contributed by atoms with van der Waals surface area (Å²) in [5.41, 5.74) is 4.94. The summed E-state index contributed by atoms with van der Waals surface area (Å²) in [4.78, 5) is 10.5. The molecule has 0 fully saturated rings. The van der Waals surface area contributed by atoms with Crippen molar-refractivity contribution in [1.29, 1.82) is 0 Å². The van der Waals surface area contributed by atoms with Crippen LogP contribution in [0.3, 0.4) is 0 Å². The Bertz CT molecular complexity index is 334. The Morgan fingerprint density at radius 1 is 1.85 bits per heavy atom. The smallest absolute Gasteiger partial charge is 0.334 e. The van der Waals surface area contributed by atoms with E-state index in [1.165, 1.54) is 19.5 Å². The molecule has 6 heteroatoms. The Morgan fingerprint density at radius 2 is 2.54 bits per heavy atom. The van der Waals surface area contributed by atoms with Gasteiger partial charge in [-0.2, -0.15) is 5.10 Å². The molecule has 2 amide bonds. The zero-order valence-electron chi connectivity index (χ0n) is 6.90. The third-order valence-corrected chi connectivity index (χ3v) is 1.68. The molecule has 0 saturated carbocycles. The quantitative estimate of drug-likeness (QED) is 0.632. The molecule has 0 saturated heterocycles. The topological polar surface area (TPSA) is 71.8 Å². The fourth-order valence-corrected chi connectivity index (χ4v) is 0.915. The van der Waals surface area contributed by atoms with Gasteiger partial charge in [0.25, 0.3) is 0 Å². The molecule has 1 aromatic heterocycles. The van der Waals surface area contributed by atoms with Gasteiger partial charge in [-0.1, -0.05) is 0 Å². The van der Waals surface area contributed by atoms with E-state index in [1.807, 2.05) is 0 Å². The molecular weight excluding hydrogens is 238 g/mol. The Balaban J connectivity index is 2.63. The summed E-state index contributed by atoms with van der Waals surface area (Å²) in [6, 6.07) is 1.10. The summed E-state index contributed by atoms with van der Waals surface area (Å²) in [6.07, 6.45) is 2.92. The number of furan rings is 1. The van der Waals surface area contributed by atoms with Gasteiger partial charge >= 0.3 is 6.03 Å². The maximum Gasteiger partial charge on any atom is 0.334 e. The molecule has 1 heterocycles. The highest BCUT2D eigenvalue weighted by Crippen LogP contribution is 2.12. The Kier molecular flexibility index (Phi) is 3.07. The number of primary amides is 1. The Labute approximate surface area is 83.3 Å². The highest BCUT2D eigenvalue weighted by molar-refractivity contribution is 9.10. The standard InChI is InChI=1S/C7H8BrN3O2/c1-11(7(9)12)10-3-6-2-5(8)4-13-6/h2-4H,1H3,(H2,9,12)/b10-3+. The average molecular weight is 246 g/mol. The predicted molar refractivity (Wildman–Crippen MR) is 51.3 cm³/mol. The maximum absolute atomic E-state index is 10.5. The largest absolute Gasteiger partial charge is 0.462 e. The van der Waals surface area contributed by atoms with E-state index in [2.05, 4.69) is 21.0 Å². The van der Waals surface area contributed by atoms with Crippen LogP contribution in [0.5, 0.6) is 0 Å². The van der Waals surface area contributed by atoms with Gasteiger partial charge < -0.3 is 10.2 Å².